The van der Waals surface area contributed by atoms with Crippen molar-refractivity contribution in [1.82, 2.24) is 0 Å². The zero-order valence-corrected chi connectivity index (χ0v) is 8.85. The van der Waals surface area contributed by atoms with Gasteiger partial charge < -0.3 is 5.11 Å². The van der Waals surface area contributed by atoms with Gasteiger partial charge in [0.1, 0.15) is 0 Å². The van der Waals surface area contributed by atoms with Crippen LogP contribution in [-0.4, -0.2) is 15.8 Å². The van der Waals surface area contributed by atoms with E-state index in [1.165, 1.54) is 12.1 Å². The molecule has 5 heteroatoms. The number of hydrogen-bond donors (Lipinski definition) is 2. The number of benzene rings is 1. The van der Waals surface area contributed by atoms with E-state index in [4.69, 9.17) is 0 Å². The molecular weight excluding hydrogens is 214 g/mol. The van der Waals surface area contributed by atoms with Gasteiger partial charge in [0.25, 0.3) is 0 Å². The maximum absolute atomic E-state index is 10.5. The van der Waals surface area contributed by atoms with Crippen LogP contribution in [0.1, 0.15) is 12.0 Å². The van der Waals surface area contributed by atoms with Gasteiger partial charge in [0.2, 0.25) is 0 Å². The van der Waals surface area contributed by atoms with Gasteiger partial charge >= 0.3 is 5.69 Å². The Labute approximate surface area is 92.8 Å². The highest BCUT2D eigenvalue weighted by Gasteiger charge is 2.12. The van der Waals surface area contributed by atoms with Crippen LogP contribution in [0, 0.1) is 10.1 Å². The lowest BCUT2D eigenvalue weighted by Crippen LogP contribution is -1.88. The zero-order valence-electron chi connectivity index (χ0n) is 7.96. The van der Waals surface area contributed by atoms with Gasteiger partial charge in [0.15, 0.2) is 5.75 Å². The summed E-state index contributed by atoms with van der Waals surface area (Å²) in [5.41, 5.74) is 0.421. The van der Waals surface area contributed by atoms with Gasteiger partial charge in [-0.2, -0.15) is 12.6 Å². The van der Waals surface area contributed by atoms with Crippen molar-refractivity contribution in [2.24, 2.45) is 0 Å². The second-order valence-corrected chi connectivity index (χ2v) is 3.37. The van der Waals surface area contributed by atoms with E-state index in [-0.39, 0.29) is 11.4 Å². The van der Waals surface area contributed by atoms with Crippen LogP contribution in [0.3, 0.4) is 0 Å². The van der Waals surface area contributed by atoms with Crippen LogP contribution in [0.4, 0.5) is 5.69 Å². The lowest BCUT2D eigenvalue weighted by Gasteiger charge is -1.97. The molecule has 1 N–H and O–H groups in total. The third kappa shape index (κ3) is 3.28. The van der Waals surface area contributed by atoms with Crippen molar-refractivity contribution in [2.75, 3.05) is 5.75 Å². The third-order valence-electron chi connectivity index (χ3n) is 1.80. The van der Waals surface area contributed by atoms with Crippen LogP contribution in [0.5, 0.6) is 5.75 Å². The van der Waals surface area contributed by atoms with E-state index in [1.807, 2.05) is 6.08 Å². The summed E-state index contributed by atoms with van der Waals surface area (Å²) in [7, 11) is 0. The van der Waals surface area contributed by atoms with Crippen molar-refractivity contribution in [2.45, 2.75) is 6.42 Å². The van der Waals surface area contributed by atoms with Crippen LogP contribution < -0.4 is 0 Å². The van der Waals surface area contributed by atoms with Crippen molar-refractivity contribution in [3.63, 3.8) is 0 Å². The van der Waals surface area contributed by atoms with E-state index in [2.05, 4.69) is 12.6 Å². The average Bonchev–Trinajstić information content (AvgIpc) is 2.20. The van der Waals surface area contributed by atoms with Gasteiger partial charge in [-0.15, -0.1) is 0 Å². The Kier molecular flexibility index (Phi) is 4.17. The summed E-state index contributed by atoms with van der Waals surface area (Å²) in [6.45, 7) is 0. The Morgan fingerprint density at radius 1 is 1.53 bits per heavy atom. The van der Waals surface area contributed by atoms with Crippen molar-refractivity contribution >= 4 is 24.4 Å². The Hall–Kier alpha value is -1.49. The number of phenols is 1. The number of phenolic OH excluding ortho intramolecular Hbond substituents is 1. The van der Waals surface area contributed by atoms with Crippen LogP contribution in [-0.2, 0) is 0 Å². The summed E-state index contributed by atoms with van der Waals surface area (Å²) in [5.74, 6) is 0.419. The Bertz CT molecular complexity index is 390. The van der Waals surface area contributed by atoms with Crippen LogP contribution >= 0.6 is 12.6 Å². The van der Waals surface area contributed by atoms with Crippen LogP contribution in [0.15, 0.2) is 24.3 Å². The molecule has 0 saturated carbocycles. The molecule has 0 fully saturated rings. The first-order valence-electron chi connectivity index (χ1n) is 4.40. The standard InChI is InChI=1S/C10H11NO3S/c12-10-5-4-8(3-1-2-6-15)7-9(10)11(13)14/h1,3-5,7,12,15H,2,6H2. The molecule has 0 radical (unpaired) electrons. The topological polar surface area (TPSA) is 63.4 Å². The fraction of sp³-hybridized carbons (Fsp3) is 0.200. The molecule has 0 aliphatic heterocycles. The normalized spacial score (nSPS) is 10.7. The van der Waals surface area contributed by atoms with E-state index < -0.39 is 4.92 Å². The van der Waals surface area contributed by atoms with Gasteiger partial charge in [0, 0.05) is 6.07 Å². The number of allylic oxidation sites excluding steroid dienone is 1. The predicted octanol–water partition coefficient (Wildman–Crippen LogP) is 2.63. The molecule has 0 aromatic heterocycles. The number of nitro groups is 1. The maximum atomic E-state index is 10.5. The molecule has 1 rings (SSSR count). The summed E-state index contributed by atoms with van der Waals surface area (Å²) >= 11 is 4.04. The lowest BCUT2D eigenvalue weighted by molar-refractivity contribution is -0.385. The monoisotopic (exact) mass is 225 g/mol. The van der Waals surface area contributed by atoms with E-state index in [9.17, 15) is 15.2 Å². The maximum Gasteiger partial charge on any atom is 0.311 e. The minimum atomic E-state index is -0.606. The molecule has 0 atom stereocenters. The predicted molar refractivity (Wildman–Crippen MR) is 62.3 cm³/mol. The van der Waals surface area contributed by atoms with Crippen molar-refractivity contribution in [3.05, 3.63) is 40.0 Å². The summed E-state index contributed by atoms with van der Waals surface area (Å²) in [5, 5.41) is 19.7. The fourth-order valence-electron chi connectivity index (χ4n) is 1.08. The van der Waals surface area contributed by atoms with E-state index >= 15 is 0 Å². The molecule has 80 valence electrons. The molecule has 0 heterocycles. The Morgan fingerprint density at radius 3 is 2.87 bits per heavy atom. The number of hydrogen-bond acceptors (Lipinski definition) is 4. The first kappa shape index (κ1) is 11.6. The summed E-state index contributed by atoms with van der Waals surface area (Å²) in [6, 6.07) is 4.28. The van der Waals surface area contributed by atoms with Gasteiger partial charge in [-0.3, -0.25) is 10.1 Å². The molecule has 15 heavy (non-hydrogen) atoms. The number of rotatable bonds is 4. The molecule has 0 aliphatic rings. The molecule has 1 aromatic rings. The molecule has 1 aromatic carbocycles. The SMILES string of the molecule is O=[N+]([O-])c1cc(C=CCCS)ccc1O. The molecule has 0 saturated heterocycles. The summed E-state index contributed by atoms with van der Waals surface area (Å²) in [4.78, 5) is 9.91. The molecule has 4 nitrogen and oxygen atoms in total. The number of nitrogens with zero attached hydrogens (tertiary/aromatic N) is 1. The Balaban J connectivity index is 2.92. The van der Waals surface area contributed by atoms with Gasteiger partial charge in [-0.05, 0) is 23.8 Å². The molecule has 0 bridgehead atoms. The van der Waals surface area contributed by atoms with E-state index in [1.54, 1.807) is 12.1 Å². The zero-order chi connectivity index (χ0) is 11.3. The second kappa shape index (κ2) is 5.41. The molecule has 0 spiro atoms. The first-order chi connectivity index (χ1) is 7.15. The number of aromatic hydroxyl groups is 1. The largest absolute Gasteiger partial charge is 0.502 e. The Morgan fingerprint density at radius 2 is 2.27 bits per heavy atom. The van der Waals surface area contributed by atoms with E-state index in [0.29, 0.717) is 5.56 Å². The molecule has 0 unspecified atom stereocenters. The quantitative estimate of drug-likeness (QED) is 0.470. The number of thiol groups is 1. The molecule has 0 aliphatic carbocycles. The summed E-state index contributed by atoms with van der Waals surface area (Å²) in [6.07, 6.45) is 4.45. The summed E-state index contributed by atoms with van der Waals surface area (Å²) < 4.78 is 0. The third-order valence-corrected chi connectivity index (χ3v) is 2.06. The van der Waals surface area contributed by atoms with Crippen molar-refractivity contribution < 1.29 is 10.0 Å². The highest BCUT2D eigenvalue weighted by atomic mass is 32.1. The minimum absolute atomic E-state index is 0.275. The van der Waals surface area contributed by atoms with Crippen LogP contribution in [0.2, 0.25) is 0 Å². The average molecular weight is 225 g/mol. The highest BCUT2D eigenvalue weighted by molar-refractivity contribution is 7.80. The van der Waals surface area contributed by atoms with Crippen molar-refractivity contribution in [1.29, 1.82) is 0 Å². The van der Waals surface area contributed by atoms with Crippen molar-refractivity contribution in [3.8, 4) is 5.75 Å². The van der Waals surface area contributed by atoms with Gasteiger partial charge in [-0.1, -0.05) is 18.2 Å². The molecule has 0 amide bonds. The lowest BCUT2D eigenvalue weighted by atomic mass is 10.1. The number of nitro benzene ring substituents is 1. The van der Waals surface area contributed by atoms with Gasteiger partial charge in [0.05, 0.1) is 4.92 Å². The first-order valence-corrected chi connectivity index (χ1v) is 5.03. The van der Waals surface area contributed by atoms with E-state index in [0.717, 1.165) is 12.2 Å². The second-order valence-electron chi connectivity index (χ2n) is 2.92. The smallest absolute Gasteiger partial charge is 0.311 e. The molecular formula is C10H11NO3S. The fourth-order valence-corrected chi connectivity index (χ4v) is 1.23. The minimum Gasteiger partial charge on any atom is -0.502 e. The van der Waals surface area contributed by atoms with Gasteiger partial charge in [-0.25, -0.2) is 0 Å². The highest BCUT2D eigenvalue weighted by Crippen LogP contribution is 2.26. The van der Waals surface area contributed by atoms with Crippen LogP contribution in [0.25, 0.3) is 6.08 Å².